The molecule has 0 unspecified atom stereocenters. The summed E-state index contributed by atoms with van der Waals surface area (Å²) in [6, 6.07) is 12.0. The second-order valence-electron chi connectivity index (χ2n) is 7.52. The highest BCUT2D eigenvalue weighted by atomic mass is 35.5. The zero-order chi connectivity index (χ0) is 19.8. The topological polar surface area (TPSA) is 66.1 Å². The van der Waals surface area contributed by atoms with E-state index in [9.17, 15) is 0 Å². The molecule has 2 N–H and O–H groups in total. The molecule has 0 amide bonds. The lowest BCUT2D eigenvalue weighted by Crippen LogP contribution is -2.35. The maximum absolute atomic E-state index is 6.40. The molecule has 0 spiro atoms. The maximum atomic E-state index is 6.40. The standard InChI is InChI=1S/C22H22ClN5O.ClH/c1-28-9-7-15(8-10-28)29-20-4-2-3-19-21(20)22(26-13-25-19)27-14-5-6-18-16(11-14)17(23)12-24-18;/h2-6,11-13,15,24H,7-10H2,1H3,(H,25,26,27);1H. The molecule has 1 fully saturated rings. The Bertz CT molecular complexity index is 1170. The molecule has 5 rings (SSSR count). The molecule has 2 aromatic heterocycles. The number of rotatable bonds is 4. The molecule has 1 aliphatic rings. The normalized spacial score (nSPS) is 15.3. The van der Waals surface area contributed by atoms with Crippen molar-refractivity contribution in [3.63, 3.8) is 0 Å². The van der Waals surface area contributed by atoms with Crippen molar-refractivity contribution >= 4 is 57.3 Å². The van der Waals surface area contributed by atoms with Crippen molar-refractivity contribution in [2.24, 2.45) is 0 Å². The highest BCUT2D eigenvalue weighted by molar-refractivity contribution is 6.35. The third-order valence-electron chi connectivity index (χ3n) is 5.48. The molecular formula is C22H23Cl2N5O. The first-order chi connectivity index (χ1) is 14.2. The largest absolute Gasteiger partial charge is 0.489 e. The quantitative estimate of drug-likeness (QED) is 0.441. The van der Waals surface area contributed by atoms with E-state index in [0.717, 1.165) is 65.0 Å². The molecule has 6 nitrogen and oxygen atoms in total. The monoisotopic (exact) mass is 443 g/mol. The first-order valence-electron chi connectivity index (χ1n) is 9.80. The van der Waals surface area contributed by atoms with Gasteiger partial charge in [0.1, 0.15) is 24.0 Å². The van der Waals surface area contributed by atoms with Gasteiger partial charge in [-0.05, 0) is 50.2 Å². The minimum absolute atomic E-state index is 0. The number of aromatic nitrogens is 3. The number of benzene rings is 2. The predicted octanol–water partition coefficient (Wildman–Crippen LogP) is 5.40. The molecule has 30 heavy (non-hydrogen) atoms. The lowest BCUT2D eigenvalue weighted by atomic mass is 10.1. The molecule has 0 saturated carbocycles. The minimum atomic E-state index is 0. The summed E-state index contributed by atoms with van der Waals surface area (Å²) in [5.74, 6) is 1.55. The zero-order valence-electron chi connectivity index (χ0n) is 16.6. The van der Waals surface area contributed by atoms with Crippen molar-refractivity contribution < 1.29 is 4.74 Å². The first-order valence-corrected chi connectivity index (χ1v) is 10.2. The fraction of sp³-hybridized carbons (Fsp3) is 0.273. The van der Waals surface area contributed by atoms with Gasteiger partial charge < -0.3 is 19.9 Å². The Balaban J connectivity index is 0.00000218. The van der Waals surface area contributed by atoms with Crippen LogP contribution in [0, 0.1) is 0 Å². The van der Waals surface area contributed by atoms with E-state index in [4.69, 9.17) is 16.3 Å². The molecule has 1 saturated heterocycles. The molecule has 0 aliphatic carbocycles. The van der Waals surface area contributed by atoms with Crippen LogP contribution in [0.1, 0.15) is 12.8 Å². The van der Waals surface area contributed by atoms with Crippen LogP contribution in [0.3, 0.4) is 0 Å². The van der Waals surface area contributed by atoms with Crippen molar-refractivity contribution in [2.45, 2.75) is 18.9 Å². The van der Waals surface area contributed by atoms with Crippen LogP contribution in [0.2, 0.25) is 5.02 Å². The van der Waals surface area contributed by atoms with Crippen LogP contribution < -0.4 is 10.1 Å². The Hall–Kier alpha value is -2.54. The van der Waals surface area contributed by atoms with Gasteiger partial charge in [0.05, 0.1) is 15.9 Å². The van der Waals surface area contributed by atoms with Gasteiger partial charge in [0.25, 0.3) is 0 Å². The van der Waals surface area contributed by atoms with Crippen LogP contribution in [0.15, 0.2) is 48.9 Å². The van der Waals surface area contributed by atoms with E-state index in [2.05, 4.69) is 32.2 Å². The lowest BCUT2D eigenvalue weighted by molar-refractivity contribution is 0.116. The van der Waals surface area contributed by atoms with Gasteiger partial charge in [-0.15, -0.1) is 12.4 Å². The average molecular weight is 444 g/mol. The maximum Gasteiger partial charge on any atom is 0.145 e. The average Bonchev–Trinajstić information content (AvgIpc) is 3.10. The SMILES string of the molecule is CN1CCC(Oc2cccc3ncnc(Nc4ccc5[nH]cc(Cl)c5c4)c23)CC1.Cl. The van der Waals surface area contributed by atoms with E-state index in [0.29, 0.717) is 5.02 Å². The second-order valence-corrected chi connectivity index (χ2v) is 7.92. The minimum Gasteiger partial charge on any atom is -0.489 e. The number of nitrogens with one attached hydrogen (secondary N) is 2. The summed E-state index contributed by atoms with van der Waals surface area (Å²) in [5, 5.41) is 5.99. The van der Waals surface area contributed by atoms with Gasteiger partial charge in [-0.25, -0.2) is 9.97 Å². The number of nitrogens with zero attached hydrogens (tertiary/aromatic N) is 3. The fourth-order valence-corrected chi connectivity index (χ4v) is 4.07. The molecule has 0 bridgehead atoms. The van der Waals surface area contributed by atoms with Gasteiger partial charge >= 0.3 is 0 Å². The summed E-state index contributed by atoms with van der Waals surface area (Å²) in [6.45, 7) is 2.10. The Morgan fingerprint density at radius 3 is 2.83 bits per heavy atom. The van der Waals surface area contributed by atoms with E-state index in [1.807, 2.05) is 36.4 Å². The van der Waals surface area contributed by atoms with Crippen molar-refractivity contribution in [1.82, 2.24) is 19.9 Å². The van der Waals surface area contributed by atoms with Gasteiger partial charge in [-0.1, -0.05) is 17.7 Å². The molecule has 8 heteroatoms. The van der Waals surface area contributed by atoms with Crippen LogP contribution in [-0.2, 0) is 0 Å². The van der Waals surface area contributed by atoms with Gasteiger partial charge in [0.2, 0.25) is 0 Å². The van der Waals surface area contributed by atoms with Gasteiger partial charge in [0.15, 0.2) is 0 Å². The van der Waals surface area contributed by atoms with Crippen LogP contribution in [0.4, 0.5) is 11.5 Å². The highest BCUT2D eigenvalue weighted by Crippen LogP contribution is 2.34. The number of hydrogen-bond donors (Lipinski definition) is 2. The Morgan fingerprint density at radius 2 is 2.00 bits per heavy atom. The number of halogens is 2. The smallest absolute Gasteiger partial charge is 0.145 e. The molecule has 3 heterocycles. The number of ether oxygens (including phenoxy) is 1. The summed E-state index contributed by atoms with van der Waals surface area (Å²) < 4.78 is 6.40. The number of fused-ring (bicyclic) bond motifs is 2. The molecule has 4 aromatic rings. The van der Waals surface area contributed by atoms with Crippen molar-refractivity contribution in [1.29, 1.82) is 0 Å². The Morgan fingerprint density at radius 1 is 1.17 bits per heavy atom. The van der Waals surface area contributed by atoms with Crippen LogP contribution in [0.25, 0.3) is 21.8 Å². The van der Waals surface area contributed by atoms with E-state index < -0.39 is 0 Å². The van der Waals surface area contributed by atoms with E-state index in [1.165, 1.54) is 0 Å². The fourth-order valence-electron chi connectivity index (χ4n) is 3.85. The molecule has 0 atom stereocenters. The highest BCUT2D eigenvalue weighted by Gasteiger charge is 2.20. The number of hydrogen-bond acceptors (Lipinski definition) is 5. The number of H-pyrrole nitrogens is 1. The summed E-state index contributed by atoms with van der Waals surface area (Å²) in [5.41, 5.74) is 2.76. The van der Waals surface area contributed by atoms with Crippen LogP contribution in [-0.4, -0.2) is 46.1 Å². The van der Waals surface area contributed by atoms with E-state index in [1.54, 1.807) is 12.5 Å². The van der Waals surface area contributed by atoms with Crippen molar-refractivity contribution in [3.8, 4) is 5.75 Å². The van der Waals surface area contributed by atoms with Crippen LogP contribution >= 0.6 is 24.0 Å². The molecular weight excluding hydrogens is 421 g/mol. The first kappa shape index (κ1) is 20.7. The summed E-state index contributed by atoms with van der Waals surface area (Å²) in [7, 11) is 2.15. The lowest BCUT2D eigenvalue weighted by Gasteiger charge is -2.29. The van der Waals surface area contributed by atoms with Gasteiger partial charge in [-0.3, -0.25) is 0 Å². The zero-order valence-corrected chi connectivity index (χ0v) is 18.1. The third-order valence-corrected chi connectivity index (χ3v) is 5.79. The summed E-state index contributed by atoms with van der Waals surface area (Å²) >= 11 is 6.28. The summed E-state index contributed by atoms with van der Waals surface area (Å²) in [4.78, 5) is 14.4. The Kier molecular flexibility index (Phi) is 5.99. The Labute approximate surface area is 186 Å². The molecule has 156 valence electrons. The van der Waals surface area contributed by atoms with Crippen molar-refractivity contribution in [2.75, 3.05) is 25.5 Å². The van der Waals surface area contributed by atoms with Crippen molar-refractivity contribution in [3.05, 3.63) is 53.9 Å². The van der Waals surface area contributed by atoms with Crippen LogP contribution in [0.5, 0.6) is 5.75 Å². The third kappa shape index (κ3) is 4.03. The van der Waals surface area contributed by atoms with E-state index in [-0.39, 0.29) is 18.5 Å². The summed E-state index contributed by atoms with van der Waals surface area (Å²) in [6.07, 6.45) is 5.62. The molecule has 1 aliphatic heterocycles. The number of aromatic amines is 1. The predicted molar refractivity (Wildman–Crippen MR) is 125 cm³/mol. The van der Waals surface area contributed by atoms with E-state index >= 15 is 0 Å². The number of likely N-dealkylation sites (tertiary alicyclic amines) is 1. The molecule has 0 radical (unpaired) electrons. The van der Waals surface area contributed by atoms with Gasteiger partial charge in [-0.2, -0.15) is 0 Å². The molecule has 2 aromatic carbocycles. The second kappa shape index (κ2) is 8.68. The van der Waals surface area contributed by atoms with Gasteiger partial charge in [0, 0.05) is 35.9 Å². The number of piperidine rings is 1. The number of anilines is 2.